The van der Waals surface area contributed by atoms with Crippen LogP contribution in [0.2, 0.25) is 0 Å². The molecule has 0 atom stereocenters. The van der Waals surface area contributed by atoms with Gasteiger partial charge in [0.15, 0.2) is 0 Å². The maximum Gasteiger partial charge on any atom is 0.243 e. The number of hydrogen-bond acceptors (Lipinski definition) is 5. The van der Waals surface area contributed by atoms with Gasteiger partial charge < -0.3 is 4.90 Å². The van der Waals surface area contributed by atoms with E-state index in [2.05, 4.69) is 33.1 Å². The van der Waals surface area contributed by atoms with Gasteiger partial charge in [-0.3, -0.25) is 15.0 Å². The number of nitrogens with one attached hydrogen (secondary N) is 1. The molecule has 6 heteroatoms. The maximum absolute atomic E-state index is 11.1. The van der Waals surface area contributed by atoms with Crippen LogP contribution in [-0.2, 0) is 4.79 Å². The van der Waals surface area contributed by atoms with Crippen LogP contribution in [0, 0.1) is 0 Å². The van der Waals surface area contributed by atoms with Gasteiger partial charge in [0.2, 0.25) is 5.91 Å². The first-order valence-corrected chi connectivity index (χ1v) is 9.90. The van der Waals surface area contributed by atoms with Gasteiger partial charge in [0.25, 0.3) is 0 Å². The highest BCUT2D eigenvalue weighted by molar-refractivity contribution is 5.74. The lowest BCUT2D eigenvalue weighted by atomic mass is 10.1. The van der Waals surface area contributed by atoms with E-state index in [4.69, 9.17) is 5.21 Å². The number of amides is 1. The molecule has 0 unspecified atom stereocenters. The molecule has 1 amide bonds. The number of anilines is 2. The Labute approximate surface area is 171 Å². The summed E-state index contributed by atoms with van der Waals surface area (Å²) in [6.45, 7) is 0.809. The van der Waals surface area contributed by atoms with Crippen molar-refractivity contribution in [3.05, 3.63) is 73.2 Å². The highest BCUT2D eigenvalue weighted by Crippen LogP contribution is 2.28. The van der Waals surface area contributed by atoms with Crippen LogP contribution in [0.4, 0.5) is 11.5 Å². The van der Waals surface area contributed by atoms with Crippen LogP contribution in [0.1, 0.15) is 32.1 Å². The van der Waals surface area contributed by atoms with Crippen molar-refractivity contribution in [3.8, 4) is 11.1 Å². The zero-order valence-corrected chi connectivity index (χ0v) is 16.4. The summed E-state index contributed by atoms with van der Waals surface area (Å²) < 4.78 is 0. The summed E-state index contributed by atoms with van der Waals surface area (Å²) >= 11 is 0. The second-order valence-corrected chi connectivity index (χ2v) is 6.84. The summed E-state index contributed by atoms with van der Waals surface area (Å²) in [5, 5.41) is 8.55. The van der Waals surface area contributed by atoms with Crippen LogP contribution in [0.25, 0.3) is 11.1 Å². The Morgan fingerprint density at radius 2 is 1.72 bits per heavy atom. The van der Waals surface area contributed by atoms with Gasteiger partial charge >= 0.3 is 0 Å². The molecule has 0 aliphatic heterocycles. The van der Waals surface area contributed by atoms with Crippen molar-refractivity contribution in [3.63, 3.8) is 0 Å². The van der Waals surface area contributed by atoms with Crippen LogP contribution in [0.5, 0.6) is 0 Å². The van der Waals surface area contributed by atoms with Gasteiger partial charge in [-0.25, -0.2) is 10.5 Å². The minimum Gasteiger partial charge on any atom is -0.325 e. The molecule has 0 saturated heterocycles. The molecule has 29 heavy (non-hydrogen) atoms. The number of carbonyl (C=O) groups is 1. The molecular weight excluding hydrogens is 364 g/mol. The molecule has 1 aromatic carbocycles. The Hall–Kier alpha value is -3.25. The largest absolute Gasteiger partial charge is 0.325 e. The SMILES string of the molecule is O=C(CCCCCCN(c1cncc(-c2ccccc2)c1)c1ccccn1)NO. The van der Waals surface area contributed by atoms with E-state index in [1.54, 1.807) is 11.7 Å². The third-order valence-electron chi connectivity index (χ3n) is 4.73. The number of pyridine rings is 2. The Morgan fingerprint density at radius 3 is 2.48 bits per heavy atom. The van der Waals surface area contributed by atoms with Gasteiger partial charge in [-0.1, -0.05) is 49.2 Å². The topological polar surface area (TPSA) is 78.4 Å². The van der Waals surface area contributed by atoms with Crippen molar-refractivity contribution in [2.24, 2.45) is 0 Å². The fraction of sp³-hybridized carbons (Fsp3) is 0.261. The summed E-state index contributed by atoms with van der Waals surface area (Å²) in [6, 6.07) is 18.2. The number of aromatic nitrogens is 2. The molecule has 0 saturated carbocycles. The lowest BCUT2D eigenvalue weighted by molar-refractivity contribution is -0.129. The van der Waals surface area contributed by atoms with Crippen molar-refractivity contribution >= 4 is 17.4 Å². The van der Waals surface area contributed by atoms with E-state index in [-0.39, 0.29) is 5.91 Å². The van der Waals surface area contributed by atoms with Crippen LogP contribution in [0.15, 0.2) is 73.2 Å². The minimum absolute atomic E-state index is 0.330. The van der Waals surface area contributed by atoms with Crippen molar-refractivity contribution in [2.45, 2.75) is 32.1 Å². The average molecular weight is 390 g/mol. The van der Waals surface area contributed by atoms with Gasteiger partial charge in [0.05, 0.1) is 11.9 Å². The molecule has 3 rings (SSSR count). The van der Waals surface area contributed by atoms with E-state index in [1.165, 1.54) is 0 Å². The zero-order chi connectivity index (χ0) is 20.3. The molecule has 0 bridgehead atoms. The van der Waals surface area contributed by atoms with E-state index in [0.29, 0.717) is 6.42 Å². The number of benzene rings is 1. The summed E-state index contributed by atoms with van der Waals surface area (Å²) in [5.41, 5.74) is 4.88. The third-order valence-corrected chi connectivity index (χ3v) is 4.73. The number of rotatable bonds is 10. The smallest absolute Gasteiger partial charge is 0.243 e. The second-order valence-electron chi connectivity index (χ2n) is 6.84. The Balaban J connectivity index is 1.69. The predicted octanol–water partition coefficient (Wildman–Crippen LogP) is 4.74. The van der Waals surface area contributed by atoms with E-state index >= 15 is 0 Å². The number of nitrogens with zero attached hydrogens (tertiary/aromatic N) is 3. The molecule has 6 nitrogen and oxygen atoms in total. The Morgan fingerprint density at radius 1 is 0.931 bits per heavy atom. The van der Waals surface area contributed by atoms with Gasteiger partial charge in [0, 0.05) is 30.9 Å². The van der Waals surface area contributed by atoms with Crippen molar-refractivity contribution in [1.82, 2.24) is 15.4 Å². The average Bonchev–Trinajstić information content (AvgIpc) is 2.79. The van der Waals surface area contributed by atoms with Crippen LogP contribution < -0.4 is 10.4 Å². The number of hydrogen-bond donors (Lipinski definition) is 2. The zero-order valence-electron chi connectivity index (χ0n) is 16.4. The molecule has 3 aromatic rings. The number of unbranched alkanes of at least 4 members (excludes halogenated alkanes) is 3. The predicted molar refractivity (Wildman–Crippen MR) is 114 cm³/mol. The maximum atomic E-state index is 11.1. The van der Waals surface area contributed by atoms with E-state index in [9.17, 15) is 4.79 Å². The van der Waals surface area contributed by atoms with Crippen LogP contribution in [0.3, 0.4) is 0 Å². The highest BCUT2D eigenvalue weighted by Gasteiger charge is 2.12. The van der Waals surface area contributed by atoms with Gasteiger partial charge in [0.1, 0.15) is 5.82 Å². The van der Waals surface area contributed by atoms with Crippen LogP contribution >= 0.6 is 0 Å². The van der Waals surface area contributed by atoms with Gasteiger partial charge in [-0.05, 0) is 36.6 Å². The number of hydroxylamine groups is 1. The van der Waals surface area contributed by atoms with Crippen molar-refractivity contribution < 1.29 is 10.0 Å². The van der Waals surface area contributed by atoms with Gasteiger partial charge in [-0.2, -0.15) is 0 Å². The van der Waals surface area contributed by atoms with Gasteiger partial charge in [-0.15, -0.1) is 0 Å². The summed E-state index contributed by atoms with van der Waals surface area (Å²) in [7, 11) is 0. The monoisotopic (exact) mass is 390 g/mol. The summed E-state index contributed by atoms with van der Waals surface area (Å²) in [6.07, 6.45) is 9.55. The molecule has 150 valence electrons. The highest BCUT2D eigenvalue weighted by atomic mass is 16.5. The molecule has 2 N–H and O–H groups in total. The van der Waals surface area contributed by atoms with E-state index < -0.39 is 0 Å². The standard InChI is InChI=1S/C23H26N4O2/c28-23(26-29)13-6-1-2-9-15-27(22-12-7-8-14-25-22)21-16-20(17-24-18-21)19-10-4-3-5-11-19/h3-5,7-8,10-12,14,16-18,29H,1-2,6,9,13,15H2,(H,26,28). The Bertz CT molecular complexity index is 888. The number of carbonyl (C=O) groups excluding carboxylic acids is 1. The minimum atomic E-state index is -0.330. The molecule has 0 spiro atoms. The molecular formula is C23H26N4O2. The molecule has 2 heterocycles. The molecule has 2 aromatic heterocycles. The van der Waals surface area contributed by atoms with E-state index in [1.807, 2.05) is 48.8 Å². The lowest BCUT2D eigenvalue weighted by Gasteiger charge is -2.24. The first kappa shape index (κ1) is 20.5. The van der Waals surface area contributed by atoms with E-state index in [0.717, 1.165) is 54.9 Å². The fourth-order valence-corrected chi connectivity index (χ4v) is 3.22. The summed E-state index contributed by atoms with van der Waals surface area (Å²) in [4.78, 5) is 22.2. The molecule has 0 aliphatic carbocycles. The Kier molecular flexibility index (Phi) is 7.72. The molecule has 0 fully saturated rings. The molecule has 0 radical (unpaired) electrons. The first-order chi connectivity index (χ1) is 14.3. The fourth-order valence-electron chi connectivity index (χ4n) is 3.22. The van der Waals surface area contributed by atoms with Crippen molar-refractivity contribution in [2.75, 3.05) is 11.4 Å². The first-order valence-electron chi connectivity index (χ1n) is 9.90. The summed E-state index contributed by atoms with van der Waals surface area (Å²) in [5.74, 6) is 0.558. The normalized spacial score (nSPS) is 10.5. The lowest BCUT2D eigenvalue weighted by Crippen LogP contribution is -2.20. The van der Waals surface area contributed by atoms with Crippen molar-refractivity contribution in [1.29, 1.82) is 0 Å². The van der Waals surface area contributed by atoms with Crippen LogP contribution in [-0.4, -0.2) is 27.6 Å². The second kappa shape index (κ2) is 10.9. The quantitative estimate of drug-likeness (QED) is 0.297. The molecule has 0 aliphatic rings. The third kappa shape index (κ3) is 6.12.